The topological polar surface area (TPSA) is 86.5 Å². The van der Waals surface area contributed by atoms with Gasteiger partial charge in [-0.15, -0.1) is 5.10 Å². The molecule has 1 N–H and O–H groups in total. The van der Waals surface area contributed by atoms with Crippen LogP contribution in [0.2, 0.25) is 0 Å². The van der Waals surface area contributed by atoms with E-state index in [1.165, 1.54) is 12.8 Å². The Hall–Kier alpha value is -1.47. The average molecular weight is 295 g/mol. The zero-order valence-electron chi connectivity index (χ0n) is 12.2. The van der Waals surface area contributed by atoms with E-state index in [0.29, 0.717) is 12.3 Å². The summed E-state index contributed by atoms with van der Waals surface area (Å²) < 4.78 is 12.9. The molecule has 7 heteroatoms. The molecule has 0 radical (unpaired) electrons. The maximum atomic E-state index is 11.2. The highest BCUT2D eigenvalue weighted by Gasteiger charge is 2.41. The van der Waals surface area contributed by atoms with E-state index in [-0.39, 0.29) is 23.9 Å². The molecular weight excluding hydrogens is 274 g/mol. The van der Waals surface area contributed by atoms with Crippen LogP contribution >= 0.6 is 0 Å². The van der Waals surface area contributed by atoms with Crippen LogP contribution in [0.25, 0.3) is 0 Å². The third-order valence-corrected chi connectivity index (χ3v) is 4.60. The number of rotatable bonds is 4. The lowest BCUT2D eigenvalue weighted by Gasteiger charge is -2.38. The van der Waals surface area contributed by atoms with Crippen molar-refractivity contribution in [2.45, 2.75) is 56.8 Å². The Morgan fingerprint density at radius 2 is 2.29 bits per heavy atom. The fourth-order valence-corrected chi connectivity index (χ4v) is 3.62. The van der Waals surface area contributed by atoms with E-state index in [2.05, 4.69) is 10.3 Å². The summed E-state index contributed by atoms with van der Waals surface area (Å²) in [6.07, 6.45) is 6.30. The molecule has 0 bridgehead atoms. The van der Waals surface area contributed by atoms with Gasteiger partial charge in [0.15, 0.2) is 5.69 Å². The van der Waals surface area contributed by atoms with E-state index in [0.717, 1.165) is 25.7 Å². The van der Waals surface area contributed by atoms with Gasteiger partial charge < -0.3 is 14.6 Å². The lowest BCUT2D eigenvalue weighted by atomic mass is 9.89. The van der Waals surface area contributed by atoms with E-state index in [1.54, 1.807) is 11.8 Å². The van der Waals surface area contributed by atoms with Crippen LogP contribution in [-0.2, 0) is 16.1 Å². The molecule has 1 saturated carbocycles. The lowest BCUT2D eigenvalue weighted by Crippen LogP contribution is -2.38. The molecule has 21 heavy (non-hydrogen) atoms. The highest BCUT2D eigenvalue weighted by atomic mass is 16.5. The van der Waals surface area contributed by atoms with Crippen LogP contribution in [0, 0.1) is 0 Å². The Morgan fingerprint density at radius 1 is 1.52 bits per heavy atom. The first-order valence-electron chi connectivity index (χ1n) is 7.45. The summed E-state index contributed by atoms with van der Waals surface area (Å²) in [5.74, 6) is -1.06. The number of aromatic carboxylic acids is 1. The van der Waals surface area contributed by atoms with Gasteiger partial charge in [0, 0.05) is 13.7 Å². The molecule has 1 aromatic rings. The van der Waals surface area contributed by atoms with E-state index in [9.17, 15) is 9.90 Å². The van der Waals surface area contributed by atoms with Crippen LogP contribution < -0.4 is 0 Å². The third kappa shape index (κ3) is 2.67. The molecule has 2 aliphatic rings. The van der Waals surface area contributed by atoms with Crippen LogP contribution in [0.1, 0.15) is 60.7 Å². The van der Waals surface area contributed by atoms with Crippen molar-refractivity contribution in [1.29, 1.82) is 0 Å². The zero-order valence-corrected chi connectivity index (χ0v) is 12.2. The molecular formula is C14H21N3O4. The number of nitrogens with zero attached hydrogens (tertiary/aromatic N) is 3. The van der Waals surface area contributed by atoms with E-state index < -0.39 is 5.97 Å². The summed E-state index contributed by atoms with van der Waals surface area (Å²) in [6, 6.07) is 0.141. The summed E-state index contributed by atoms with van der Waals surface area (Å²) in [6.45, 7) is 0.901. The van der Waals surface area contributed by atoms with Gasteiger partial charge in [0.2, 0.25) is 0 Å². The number of carboxylic acids is 1. The van der Waals surface area contributed by atoms with Gasteiger partial charge in [-0.1, -0.05) is 18.1 Å². The molecule has 1 spiro atoms. The third-order valence-electron chi connectivity index (χ3n) is 4.60. The molecule has 1 aliphatic heterocycles. The monoisotopic (exact) mass is 295 g/mol. The van der Waals surface area contributed by atoms with Crippen LogP contribution in [0.3, 0.4) is 0 Å². The number of hydrogen-bond acceptors (Lipinski definition) is 5. The minimum absolute atomic E-state index is 0.0104. The second-order valence-electron chi connectivity index (χ2n) is 5.95. The van der Waals surface area contributed by atoms with Crippen molar-refractivity contribution in [2.75, 3.05) is 13.7 Å². The second kappa shape index (κ2) is 5.73. The van der Waals surface area contributed by atoms with Crippen molar-refractivity contribution in [3.8, 4) is 0 Å². The molecule has 0 aromatic carbocycles. The molecule has 0 amide bonds. The molecule has 1 unspecified atom stereocenters. The van der Waals surface area contributed by atoms with Crippen molar-refractivity contribution >= 4 is 5.97 Å². The SMILES string of the molecule is COCc1c(C(=O)O)nnn1C1CCOC2(CCCC2)C1. The number of carbonyl (C=O) groups is 1. The summed E-state index contributed by atoms with van der Waals surface area (Å²) in [5.41, 5.74) is 0.497. The Kier molecular flexibility index (Phi) is 3.95. The smallest absolute Gasteiger partial charge is 0.358 e. The van der Waals surface area contributed by atoms with E-state index >= 15 is 0 Å². The summed E-state index contributed by atoms with van der Waals surface area (Å²) >= 11 is 0. The first-order chi connectivity index (χ1) is 10.2. The van der Waals surface area contributed by atoms with Crippen LogP contribution in [-0.4, -0.2) is 45.4 Å². The van der Waals surface area contributed by atoms with E-state index in [1.807, 2.05) is 0 Å². The van der Waals surface area contributed by atoms with Gasteiger partial charge in [0.1, 0.15) is 0 Å². The highest BCUT2D eigenvalue weighted by molar-refractivity contribution is 5.86. The van der Waals surface area contributed by atoms with E-state index in [4.69, 9.17) is 9.47 Å². The van der Waals surface area contributed by atoms with Crippen LogP contribution in [0.15, 0.2) is 0 Å². The molecule has 1 aromatic heterocycles. The minimum Gasteiger partial charge on any atom is -0.476 e. The summed E-state index contributed by atoms with van der Waals surface area (Å²) in [5, 5.41) is 17.1. The minimum atomic E-state index is -1.06. The Balaban J connectivity index is 1.87. The maximum absolute atomic E-state index is 11.2. The fraction of sp³-hybridized carbons (Fsp3) is 0.786. The Bertz CT molecular complexity index is 522. The van der Waals surface area contributed by atoms with Gasteiger partial charge in [-0.3, -0.25) is 0 Å². The molecule has 7 nitrogen and oxygen atoms in total. The van der Waals surface area contributed by atoms with Gasteiger partial charge >= 0.3 is 5.97 Å². The van der Waals surface area contributed by atoms with Crippen molar-refractivity contribution in [2.24, 2.45) is 0 Å². The van der Waals surface area contributed by atoms with Gasteiger partial charge in [-0.2, -0.15) is 0 Å². The molecule has 116 valence electrons. The molecule has 2 heterocycles. The standard InChI is InChI=1S/C14H21N3O4/c1-20-9-11-12(13(18)19)15-16-17(11)10-4-7-21-14(8-10)5-2-3-6-14/h10H,2-9H2,1H3,(H,18,19). The number of hydrogen-bond donors (Lipinski definition) is 1. The first kappa shape index (κ1) is 14.5. The fourth-order valence-electron chi connectivity index (χ4n) is 3.62. The quantitative estimate of drug-likeness (QED) is 0.911. The van der Waals surface area contributed by atoms with Gasteiger partial charge in [0.05, 0.1) is 23.9 Å². The van der Waals surface area contributed by atoms with Crippen LogP contribution in [0.4, 0.5) is 0 Å². The van der Waals surface area contributed by atoms with Gasteiger partial charge in [-0.25, -0.2) is 9.48 Å². The van der Waals surface area contributed by atoms with Crippen molar-refractivity contribution < 1.29 is 19.4 Å². The van der Waals surface area contributed by atoms with Crippen molar-refractivity contribution in [3.63, 3.8) is 0 Å². The van der Waals surface area contributed by atoms with Crippen molar-refractivity contribution in [3.05, 3.63) is 11.4 Å². The number of aromatic nitrogens is 3. The molecule has 3 rings (SSSR count). The number of carboxylic acid groups (broad SMARTS) is 1. The first-order valence-corrected chi connectivity index (χ1v) is 7.45. The zero-order chi connectivity index (χ0) is 14.9. The molecule has 1 saturated heterocycles. The number of methoxy groups -OCH3 is 1. The lowest BCUT2D eigenvalue weighted by molar-refractivity contribution is -0.0918. The number of ether oxygens (including phenoxy) is 2. The molecule has 2 fully saturated rings. The van der Waals surface area contributed by atoms with Gasteiger partial charge in [0.25, 0.3) is 0 Å². The maximum Gasteiger partial charge on any atom is 0.358 e. The van der Waals surface area contributed by atoms with Crippen LogP contribution in [0.5, 0.6) is 0 Å². The Labute approximate surface area is 123 Å². The second-order valence-corrected chi connectivity index (χ2v) is 5.95. The molecule has 1 atom stereocenters. The predicted octanol–water partition coefficient (Wildman–Crippen LogP) is 1.79. The highest BCUT2D eigenvalue weighted by Crippen LogP contribution is 2.43. The Morgan fingerprint density at radius 3 is 2.95 bits per heavy atom. The summed E-state index contributed by atoms with van der Waals surface area (Å²) in [7, 11) is 1.55. The average Bonchev–Trinajstić information content (AvgIpc) is 3.07. The predicted molar refractivity (Wildman–Crippen MR) is 73.1 cm³/mol. The summed E-state index contributed by atoms with van der Waals surface area (Å²) in [4.78, 5) is 11.2. The largest absolute Gasteiger partial charge is 0.476 e. The normalized spacial score (nSPS) is 24.5. The van der Waals surface area contributed by atoms with Crippen molar-refractivity contribution in [1.82, 2.24) is 15.0 Å². The molecule has 1 aliphatic carbocycles. The van der Waals surface area contributed by atoms with Gasteiger partial charge in [-0.05, 0) is 25.7 Å².